The lowest BCUT2D eigenvalue weighted by Gasteiger charge is -2.24. The standard InChI is InChI=1S/C19H28N2O2/c22-19(18-10-5-16-23-18)21-13-6-12-20(14-15-21)11-4-9-17-7-2-1-3-8-17/h1-3,7-8,18H,4-6,9-16H2. The lowest BCUT2D eigenvalue weighted by atomic mass is 10.1. The summed E-state index contributed by atoms with van der Waals surface area (Å²) in [4.78, 5) is 17.0. The highest BCUT2D eigenvalue weighted by Crippen LogP contribution is 2.16. The van der Waals surface area contributed by atoms with Crippen molar-refractivity contribution in [2.24, 2.45) is 0 Å². The second kappa shape index (κ2) is 8.46. The van der Waals surface area contributed by atoms with Crippen molar-refractivity contribution in [3.63, 3.8) is 0 Å². The lowest BCUT2D eigenvalue weighted by molar-refractivity contribution is -0.140. The molecule has 0 spiro atoms. The Morgan fingerprint density at radius 1 is 1.09 bits per heavy atom. The molecular formula is C19H28N2O2. The summed E-state index contributed by atoms with van der Waals surface area (Å²) in [6.07, 6.45) is 5.15. The van der Waals surface area contributed by atoms with Crippen LogP contribution in [0.2, 0.25) is 0 Å². The van der Waals surface area contributed by atoms with Crippen LogP contribution in [0.3, 0.4) is 0 Å². The van der Waals surface area contributed by atoms with Gasteiger partial charge in [0.2, 0.25) is 0 Å². The SMILES string of the molecule is O=C(C1CCCO1)N1CCCN(CCCc2ccccc2)CC1. The Bertz CT molecular complexity index is 485. The predicted molar refractivity (Wildman–Crippen MR) is 91.4 cm³/mol. The number of benzene rings is 1. The van der Waals surface area contributed by atoms with Gasteiger partial charge in [-0.25, -0.2) is 0 Å². The maximum Gasteiger partial charge on any atom is 0.251 e. The van der Waals surface area contributed by atoms with Gasteiger partial charge in [-0.3, -0.25) is 4.79 Å². The zero-order valence-corrected chi connectivity index (χ0v) is 14.0. The Morgan fingerprint density at radius 2 is 1.96 bits per heavy atom. The van der Waals surface area contributed by atoms with E-state index in [0.29, 0.717) is 0 Å². The fourth-order valence-electron chi connectivity index (χ4n) is 3.54. The number of carbonyl (C=O) groups is 1. The van der Waals surface area contributed by atoms with Crippen LogP contribution in [0.1, 0.15) is 31.2 Å². The molecule has 126 valence electrons. The van der Waals surface area contributed by atoms with Crippen molar-refractivity contribution < 1.29 is 9.53 Å². The molecule has 0 bridgehead atoms. The summed E-state index contributed by atoms with van der Waals surface area (Å²) in [6.45, 7) is 5.70. The highest BCUT2D eigenvalue weighted by Gasteiger charge is 2.29. The van der Waals surface area contributed by atoms with Crippen LogP contribution in [0, 0.1) is 0 Å². The minimum atomic E-state index is -0.167. The molecule has 1 atom stereocenters. The van der Waals surface area contributed by atoms with Crippen molar-refractivity contribution in [3.8, 4) is 0 Å². The number of hydrogen-bond donors (Lipinski definition) is 0. The van der Waals surface area contributed by atoms with Gasteiger partial charge >= 0.3 is 0 Å². The molecule has 1 amide bonds. The molecule has 0 saturated carbocycles. The third-order valence-electron chi connectivity index (χ3n) is 4.89. The van der Waals surface area contributed by atoms with E-state index in [0.717, 1.165) is 65.0 Å². The molecule has 2 fully saturated rings. The smallest absolute Gasteiger partial charge is 0.251 e. The van der Waals surface area contributed by atoms with Crippen LogP contribution in [0.15, 0.2) is 30.3 Å². The topological polar surface area (TPSA) is 32.8 Å². The summed E-state index contributed by atoms with van der Waals surface area (Å²) in [5, 5.41) is 0. The summed E-state index contributed by atoms with van der Waals surface area (Å²) < 4.78 is 5.54. The first-order valence-electron chi connectivity index (χ1n) is 8.99. The van der Waals surface area contributed by atoms with E-state index in [-0.39, 0.29) is 12.0 Å². The van der Waals surface area contributed by atoms with E-state index in [1.54, 1.807) is 0 Å². The average molecular weight is 316 g/mol. The summed E-state index contributed by atoms with van der Waals surface area (Å²) in [5.41, 5.74) is 1.41. The average Bonchev–Trinajstić information content (AvgIpc) is 3.02. The second-order valence-electron chi connectivity index (χ2n) is 6.61. The maximum atomic E-state index is 12.4. The quantitative estimate of drug-likeness (QED) is 0.836. The third-order valence-corrected chi connectivity index (χ3v) is 4.89. The number of aryl methyl sites for hydroxylation is 1. The first-order chi connectivity index (χ1) is 11.3. The predicted octanol–water partition coefficient (Wildman–Crippen LogP) is 2.33. The Kier molecular flexibility index (Phi) is 6.06. The van der Waals surface area contributed by atoms with Crippen LogP contribution in [0.4, 0.5) is 0 Å². The zero-order chi connectivity index (χ0) is 15.9. The van der Waals surface area contributed by atoms with Crippen LogP contribution in [0.5, 0.6) is 0 Å². The van der Waals surface area contributed by atoms with Gasteiger partial charge < -0.3 is 14.5 Å². The van der Waals surface area contributed by atoms with E-state index >= 15 is 0 Å². The number of amides is 1. The van der Waals surface area contributed by atoms with Crippen LogP contribution < -0.4 is 0 Å². The molecule has 4 nitrogen and oxygen atoms in total. The molecule has 1 unspecified atom stereocenters. The molecule has 2 aliphatic heterocycles. The van der Waals surface area contributed by atoms with Crippen molar-refractivity contribution in [1.29, 1.82) is 0 Å². The molecule has 0 aromatic heterocycles. The first kappa shape index (κ1) is 16.5. The molecule has 2 heterocycles. The number of ether oxygens (including phenoxy) is 1. The van der Waals surface area contributed by atoms with Crippen molar-refractivity contribution in [1.82, 2.24) is 9.80 Å². The molecule has 0 radical (unpaired) electrons. The highest BCUT2D eigenvalue weighted by atomic mass is 16.5. The van der Waals surface area contributed by atoms with Crippen molar-refractivity contribution in [3.05, 3.63) is 35.9 Å². The molecule has 2 saturated heterocycles. The summed E-state index contributed by atoms with van der Waals surface area (Å²) >= 11 is 0. The molecule has 1 aromatic carbocycles. The Hall–Kier alpha value is -1.39. The fraction of sp³-hybridized carbons (Fsp3) is 0.632. The van der Waals surface area contributed by atoms with E-state index in [1.165, 1.54) is 12.0 Å². The summed E-state index contributed by atoms with van der Waals surface area (Å²) in [7, 11) is 0. The second-order valence-corrected chi connectivity index (χ2v) is 6.61. The normalized spacial score (nSPS) is 23.0. The van der Waals surface area contributed by atoms with E-state index in [2.05, 4.69) is 35.2 Å². The van der Waals surface area contributed by atoms with E-state index in [1.807, 2.05) is 4.90 Å². The molecule has 4 heteroatoms. The van der Waals surface area contributed by atoms with Gasteiger partial charge in [-0.2, -0.15) is 0 Å². The summed E-state index contributed by atoms with van der Waals surface area (Å²) in [5.74, 6) is 0.216. The van der Waals surface area contributed by atoms with Crippen molar-refractivity contribution in [2.45, 2.75) is 38.2 Å². The van der Waals surface area contributed by atoms with Gasteiger partial charge in [-0.05, 0) is 50.8 Å². The van der Waals surface area contributed by atoms with Gasteiger partial charge in [-0.15, -0.1) is 0 Å². The van der Waals surface area contributed by atoms with E-state index in [4.69, 9.17) is 4.74 Å². The Morgan fingerprint density at radius 3 is 2.74 bits per heavy atom. The molecule has 3 rings (SSSR count). The third kappa shape index (κ3) is 4.79. The van der Waals surface area contributed by atoms with Crippen molar-refractivity contribution in [2.75, 3.05) is 39.3 Å². The molecule has 0 aliphatic carbocycles. The number of nitrogens with zero attached hydrogens (tertiary/aromatic N) is 2. The fourth-order valence-corrected chi connectivity index (χ4v) is 3.54. The van der Waals surface area contributed by atoms with Gasteiger partial charge in [0.25, 0.3) is 5.91 Å². The number of rotatable bonds is 5. The minimum Gasteiger partial charge on any atom is -0.368 e. The number of hydrogen-bond acceptors (Lipinski definition) is 3. The van der Waals surface area contributed by atoms with Crippen LogP contribution in [0.25, 0.3) is 0 Å². The summed E-state index contributed by atoms with van der Waals surface area (Å²) in [6, 6.07) is 10.7. The maximum absolute atomic E-state index is 12.4. The van der Waals surface area contributed by atoms with Gasteiger partial charge in [0, 0.05) is 26.2 Å². The van der Waals surface area contributed by atoms with Gasteiger partial charge in [0.1, 0.15) is 6.10 Å². The molecule has 1 aromatic rings. The van der Waals surface area contributed by atoms with Gasteiger partial charge in [0.05, 0.1) is 0 Å². The van der Waals surface area contributed by atoms with E-state index < -0.39 is 0 Å². The largest absolute Gasteiger partial charge is 0.368 e. The van der Waals surface area contributed by atoms with Crippen LogP contribution >= 0.6 is 0 Å². The molecular weight excluding hydrogens is 288 g/mol. The molecule has 23 heavy (non-hydrogen) atoms. The zero-order valence-electron chi connectivity index (χ0n) is 14.0. The lowest BCUT2D eigenvalue weighted by Crippen LogP contribution is -2.41. The minimum absolute atomic E-state index is 0.167. The first-order valence-corrected chi connectivity index (χ1v) is 8.99. The molecule has 2 aliphatic rings. The van der Waals surface area contributed by atoms with E-state index in [9.17, 15) is 4.79 Å². The monoisotopic (exact) mass is 316 g/mol. The Labute approximate surface area is 139 Å². The van der Waals surface area contributed by atoms with Crippen LogP contribution in [-0.4, -0.2) is 61.1 Å². The van der Waals surface area contributed by atoms with Crippen LogP contribution in [-0.2, 0) is 16.0 Å². The highest BCUT2D eigenvalue weighted by molar-refractivity contribution is 5.81. The number of carbonyl (C=O) groups excluding carboxylic acids is 1. The Balaban J connectivity index is 1.40. The van der Waals surface area contributed by atoms with Crippen molar-refractivity contribution >= 4 is 5.91 Å². The molecule has 0 N–H and O–H groups in total. The van der Waals surface area contributed by atoms with Gasteiger partial charge in [-0.1, -0.05) is 30.3 Å². The van der Waals surface area contributed by atoms with Gasteiger partial charge in [0.15, 0.2) is 0 Å².